The van der Waals surface area contributed by atoms with E-state index >= 15 is 0 Å². The van der Waals surface area contributed by atoms with Crippen molar-refractivity contribution in [3.8, 4) is 5.75 Å². The maximum Gasteiger partial charge on any atom is 0.318 e. The Morgan fingerprint density at radius 3 is 2.77 bits per heavy atom. The summed E-state index contributed by atoms with van der Waals surface area (Å²) >= 11 is 1.45. The molecule has 8 heteroatoms. The molecule has 3 aromatic rings. The predicted molar refractivity (Wildman–Crippen MR) is 115 cm³/mol. The van der Waals surface area contributed by atoms with Gasteiger partial charge >= 0.3 is 6.03 Å². The quantitative estimate of drug-likeness (QED) is 0.557. The minimum Gasteiger partial charge on any atom is -0.486 e. The molecule has 0 radical (unpaired) electrons. The van der Waals surface area contributed by atoms with Crippen molar-refractivity contribution in [3.63, 3.8) is 0 Å². The molecule has 0 atom stereocenters. The molecule has 0 aliphatic heterocycles. The Bertz CT molecular complexity index is 947. The van der Waals surface area contributed by atoms with Gasteiger partial charge in [0.2, 0.25) is 0 Å². The van der Waals surface area contributed by atoms with Gasteiger partial charge in [-0.3, -0.25) is 0 Å². The van der Waals surface area contributed by atoms with Crippen LogP contribution in [0.3, 0.4) is 0 Å². The van der Waals surface area contributed by atoms with E-state index in [1.54, 1.807) is 11.2 Å². The molecule has 0 aliphatic carbocycles. The van der Waals surface area contributed by atoms with Crippen LogP contribution in [0, 0.1) is 0 Å². The number of carbonyl (C=O) groups excluding carboxylic acids is 1. The maximum atomic E-state index is 12.8. The molecule has 3 rings (SSSR count). The van der Waals surface area contributed by atoms with Gasteiger partial charge in [-0.15, -0.1) is 11.3 Å². The van der Waals surface area contributed by atoms with Gasteiger partial charge in [0.15, 0.2) is 0 Å². The molecule has 30 heavy (non-hydrogen) atoms. The zero-order valence-corrected chi connectivity index (χ0v) is 18.2. The van der Waals surface area contributed by atoms with E-state index in [0.29, 0.717) is 31.1 Å². The van der Waals surface area contributed by atoms with Crippen LogP contribution in [-0.2, 0) is 26.3 Å². The van der Waals surface area contributed by atoms with Gasteiger partial charge in [0.05, 0.1) is 25.1 Å². The monoisotopic (exact) mass is 429 g/mol. The largest absolute Gasteiger partial charge is 0.486 e. The van der Waals surface area contributed by atoms with Crippen LogP contribution < -0.4 is 10.1 Å². The normalized spacial score (nSPS) is 11.3. The van der Waals surface area contributed by atoms with Gasteiger partial charge in [-0.25, -0.2) is 9.78 Å². The van der Waals surface area contributed by atoms with Crippen LogP contribution >= 0.6 is 11.3 Å². The molecule has 1 aromatic carbocycles. The van der Waals surface area contributed by atoms with Crippen LogP contribution in [0.15, 0.2) is 52.5 Å². The predicted octanol–water partition coefficient (Wildman–Crippen LogP) is 4.32. The number of carbonyl (C=O) groups is 1. The number of hydrogen-bond donors (Lipinski definition) is 2. The van der Waals surface area contributed by atoms with E-state index in [1.165, 1.54) is 11.3 Å². The average molecular weight is 430 g/mol. The highest BCUT2D eigenvalue weighted by molar-refractivity contribution is 7.09. The minimum absolute atomic E-state index is 0.0753. The van der Waals surface area contributed by atoms with Gasteiger partial charge in [-0.1, -0.05) is 12.1 Å². The Labute approximate surface area is 180 Å². The molecule has 0 saturated carbocycles. The smallest absolute Gasteiger partial charge is 0.318 e. The summed E-state index contributed by atoms with van der Waals surface area (Å²) in [7, 11) is 0. The average Bonchev–Trinajstić information content (AvgIpc) is 3.36. The molecule has 2 amide bonds. The molecular weight excluding hydrogens is 402 g/mol. The van der Waals surface area contributed by atoms with E-state index in [1.807, 2.05) is 62.5 Å². The summed E-state index contributed by atoms with van der Waals surface area (Å²) in [6.07, 6.45) is 1.60. The highest BCUT2D eigenvalue weighted by Crippen LogP contribution is 2.19. The summed E-state index contributed by atoms with van der Waals surface area (Å²) in [5.41, 5.74) is 1.24. The van der Waals surface area contributed by atoms with Crippen LogP contribution in [0.25, 0.3) is 0 Å². The number of benzene rings is 1. The molecule has 0 fully saturated rings. The lowest BCUT2D eigenvalue weighted by atomic mass is 10.1. The lowest BCUT2D eigenvalue weighted by molar-refractivity contribution is 0.178. The van der Waals surface area contributed by atoms with E-state index in [4.69, 9.17) is 14.3 Å². The number of nitrogens with one attached hydrogen (secondary N) is 1. The van der Waals surface area contributed by atoms with Crippen LogP contribution in [-0.4, -0.2) is 26.6 Å². The Kier molecular flexibility index (Phi) is 7.12. The lowest BCUT2D eigenvalue weighted by Crippen LogP contribution is -2.47. The second-order valence-corrected chi connectivity index (χ2v) is 8.89. The minimum atomic E-state index is -0.343. The first-order valence-corrected chi connectivity index (χ1v) is 10.6. The number of rotatable bonds is 8. The van der Waals surface area contributed by atoms with Gasteiger partial charge in [0.1, 0.15) is 23.1 Å². The summed E-state index contributed by atoms with van der Waals surface area (Å²) in [6, 6.07) is 11.1. The van der Waals surface area contributed by atoms with Gasteiger partial charge in [-0.2, -0.15) is 0 Å². The number of thiazole rings is 1. The zero-order chi connectivity index (χ0) is 21.6. The van der Waals surface area contributed by atoms with Gasteiger partial charge in [-0.05, 0) is 50.6 Å². The van der Waals surface area contributed by atoms with E-state index in [9.17, 15) is 4.79 Å². The third-order valence-corrected chi connectivity index (χ3v) is 4.96. The number of amides is 2. The van der Waals surface area contributed by atoms with Crippen molar-refractivity contribution in [2.45, 2.75) is 52.6 Å². The molecule has 2 aromatic heterocycles. The molecule has 0 spiro atoms. The second kappa shape index (κ2) is 9.77. The van der Waals surface area contributed by atoms with Gasteiger partial charge < -0.3 is 24.5 Å². The summed E-state index contributed by atoms with van der Waals surface area (Å²) in [4.78, 5) is 18.8. The first-order valence-electron chi connectivity index (χ1n) is 9.68. The number of furan rings is 1. The van der Waals surface area contributed by atoms with E-state index in [-0.39, 0.29) is 18.2 Å². The molecule has 2 heterocycles. The molecule has 0 saturated heterocycles. The lowest BCUT2D eigenvalue weighted by Gasteiger charge is -2.28. The molecule has 7 nitrogen and oxygen atoms in total. The fraction of sp³-hybridized carbons (Fsp3) is 0.364. The van der Waals surface area contributed by atoms with E-state index in [2.05, 4.69) is 10.3 Å². The molecule has 0 bridgehead atoms. The Morgan fingerprint density at radius 2 is 2.10 bits per heavy atom. The van der Waals surface area contributed by atoms with Crippen LogP contribution in [0.1, 0.15) is 42.8 Å². The standard InChI is InChI=1S/C22H27N3O4S/c1-22(2,3)24-21(27)25(12-19-8-5-9-28-19)11-16-6-4-7-18(10-16)29-14-20-23-17(13-26)15-30-20/h4-10,15,26H,11-14H2,1-3H3,(H,24,27). The number of hydrogen-bond acceptors (Lipinski definition) is 6. The molecule has 2 N–H and O–H groups in total. The molecular formula is C22H27N3O4S. The molecule has 0 unspecified atom stereocenters. The summed E-state index contributed by atoms with van der Waals surface area (Å²) in [5.74, 6) is 1.41. The number of aliphatic hydroxyl groups excluding tert-OH is 1. The van der Waals surface area contributed by atoms with Crippen molar-refractivity contribution in [2.75, 3.05) is 0 Å². The van der Waals surface area contributed by atoms with Crippen LogP contribution in [0.2, 0.25) is 0 Å². The maximum absolute atomic E-state index is 12.8. The van der Waals surface area contributed by atoms with Crippen LogP contribution in [0.4, 0.5) is 4.79 Å². The third-order valence-electron chi connectivity index (χ3n) is 4.09. The number of ether oxygens (including phenoxy) is 1. The van der Waals surface area contributed by atoms with Crippen molar-refractivity contribution in [3.05, 3.63) is 70.1 Å². The Hall–Kier alpha value is -2.84. The number of aliphatic hydroxyl groups is 1. The van der Waals surface area contributed by atoms with E-state index < -0.39 is 0 Å². The number of nitrogens with zero attached hydrogens (tertiary/aromatic N) is 2. The highest BCUT2D eigenvalue weighted by Gasteiger charge is 2.21. The van der Waals surface area contributed by atoms with Crippen LogP contribution in [0.5, 0.6) is 5.75 Å². The SMILES string of the molecule is CC(C)(C)NC(=O)N(Cc1cccc(OCc2nc(CO)cs2)c1)Cc1ccco1. The fourth-order valence-corrected chi connectivity index (χ4v) is 3.47. The Morgan fingerprint density at radius 1 is 1.27 bits per heavy atom. The van der Waals surface area contributed by atoms with Crippen molar-refractivity contribution in [1.29, 1.82) is 0 Å². The first-order chi connectivity index (χ1) is 14.3. The summed E-state index contributed by atoms with van der Waals surface area (Å²) < 4.78 is 11.3. The van der Waals surface area contributed by atoms with Gasteiger partial charge in [0.25, 0.3) is 0 Å². The number of urea groups is 1. The Balaban J connectivity index is 1.68. The van der Waals surface area contributed by atoms with Crippen molar-refractivity contribution < 1.29 is 19.1 Å². The molecule has 160 valence electrons. The highest BCUT2D eigenvalue weighted by atomic mass is 32.1. The van der Waals surface area contributed by atoms with Crippen molar-refractivity contribution in [1.82, 2.24) is 15.2 Å². The fourth-order valence-electron chi connectivity index (χ4n) is 2.78. The number of aromatic nitrogens is 1. The van der Waals surface area contributed by atoms with Crippen molar-refractivity contribution in [2.24, 2.45) is 0 Å². The third kappa shape index (κ3) is 6.60. The van der Waals surface area contributed by atoms with E-state index in [0.717, 1.165) is 16.3 Å². The zero-order valence-electron chi connectivity index (χ0n) is 17.4. The topological polar surface area (TPSA) is 87.8 Å². The van der Waals surface area contributed by atoms with Gasteiger partial charge in [0, 0.05) is 17.5 Å². The molecule has 0 aliphatic rings. The first kappa shape index (κ1) is 21.9. The van der Waals surface area contributed by atoms with Crippen molar-refractivity contribution >= 4 is 17.4 Å². The summed E-state index contributed by atoms with van der Waals surface area (Å²) in [5, 5.41) is 14.7. The summed E-state index contributed by atoms with van der Waals surface area (Å²) in [6.45, 7) is 6.87. The second-order valence-electron chi connectivity index (χ2n) is 7.94.